The molecule has 764 valence electrons. The minimum Gasteiger partial charge on any atom is -0.480 e. The van der Waals surface area contributed by atoms with Gasteiger partial charge in [0.25, 0.3) is 0 Å². The summed E-state index contributed by atoms with van der Waals surface area (Å²) in [5.41, 5.74) is 30.3. The Labute approximate surface area is 874 Å². The quantitative estimate of drug-likeness (QED) is 0.00541. The lowest BCUT2D eigenvalue weighted by Crippen LogP contribution is -2.39. The van der Waals surface area contributed by atoms with Crippen molar-refractivity contribution in [3.05, 3.63) is 108 Å². The van der Waals surface area contributed by atoms with E-state index in [0.29, 0.717) is 124 Å². The van der Waals surface area contributed by atoms with E-state index in [0.717, 1.165) is 120 Å². The number of nitrogens with two attached hydrogens (primary N) is 2. The first-order valence-electron chi connectivity index (χ1n) is 43.6. The number of nitrogens with zero attached hydrogens (tertiary/aromatic N) is 8. The highest BCUT2D eigenvalue weighted by molar-refractivity contribution is 14.1. The number of nitrogen functional groups attached to an aromatic ring is 2. The number of carbonyl (C=O) groups is 4. The zero-order valence-corrected chi connectivity index (χ0v) is 91.5. The number of halogens is 2. The molecule has 10 aromatic rings. The lowest BCUT2D eigenvalue weighted by molar-refractivity contribution is -0.136. The van der Waals surface area contributed by atoms with E-state index in [1.807, 2.05) is 62.6 Å². The van der Waals surface area contributed by atoms with E-state index in [9.17, 15) is 59.2 Å². The fraction of sp³-hybridized carbons (Fsp3) is 0.463. The predicted octanol–water partition coefficient (Wildman–Crippen LogP) is 19.4. The maximum atomic E-state index is 11.6. The summed E-state index contributed by atoms with van der Waals surface area (Å²) in [7, 11) is -8.73. The van der Waals surface area contributed by atoms with Crippen LogP contribution in [0, 0.1) is 0 Å². The molecule has 0 saturated heterocycles. The van der Waals surface area contributed by atoms with E-state index < -0.39 is 57.4 Å². The first kappa shape index (κ1) is 115. The molecule has 0 aromatic carbocycles. The van der Waals surface area contributed by atoms with Crippen LogP contribution < -0.4 is 104 Å². The zero-order valence-electron chi connectivity index (χ0n) is 75.4. The van der Waals surface area contributed by atoms with Crippen LogP contribution in [0.25, 0.3) is 0 Å². The number of aliphatic carboxylic acids is 4. The Bertz CT molecular complexity index is 4460. The van der Waals surface area contributed by atoms with E-state index in [2.05, 4.69) is 160 Å². The molecule has 26 N–H and O–H groups in total. The lowest BCUT2D eigenvalue weighted by atomic mass is 10.2. The number of thiophene rings is 10. The largest absolute Gasteiger partial charge is 0.480 e. The summed E-state index contributed by atoms with van der Waals surface area (Å²) in [5.74, 6) is -4.15. The van der Waals surface area contributed by atoms with Gasteiger partial charge in [-0.2, -0.15) is 18.7 Å². The Morgan fingerprint density at radius 1 is 0.297 bits per heavy atom. The molecule has 4 atom stereocenters. The summed E-state index contributed by atoms with van der Waals surface area (Å²) in [5, 5.41) is 149. The van der Waals surface area contributed by atoms with Crippen LogP contribution in [0.4, 0.5) is 114 Å². The van der Waals surface area contributed by atoms with Crippen molar-refractivity contribution in [3.63, 3.8) is 0 Å². The smallest absolute Gasteiger partial charge is 0.323 e. The molecule has 0 saturated carbocycles. The second-order valence-electron chi connectivity index (χ2n) is 30.6. The van der Waals surface area contributed by atoms with Crippen molar-refractivity contribution in [1.82, 2.24) is 0 Å². The monoisotopic (exact) mass is 2400 g/mol. The van der Waals surface area contributed by atoms with Crippen LogP contribution >= 0.6 is 192 Å². The summed E-state index contributed by atoms with van der Waals surface area (Å²) >= 11 is 20.4. The Morgan fingerprint density at radius 2 is 0.486 bits per heavy atom. The Hall–Kier alpha value is -6.42. The van der Waals surface area contributed by atoms with Gasteiger partial charge in [0.2, 0.25) is 33.5 Å². The highest BCUT2D eigenvalue weighted by Gasteiger charge is 2.31. The molecule has 0 radical (unpaired) electrons. The van der Waals surface area contributed by atoms with Crippen molar-refractivity contribution in [2.75, 3.05) is 282 Å². The predicted molar refractivity (Wildman–Crippen MR) is 601 cm³/mol. The standard InChI is InChI=1S/C22H28N4O8S2.C18H32N4O12P4S2.2C14H20N4S2.C11H16N4S2.C3H6I2/c27-19(28)7-23-3-1-4-24(8-20(29)30)16-12-36-14-18(16)26(10-22(33)34)6-2-5-25(9-21(31)32)17-13-35-11-15(17)23;23-31-35(27)11-19-3-1-4-20(12-36(28)32-24)16-8-40-10-18(16)22(14-38(30)34-26)6-2-5-21(13-37(29)33-25)17-9-39-7-15(17)19;2*1-3-15-11-7-19-9-13(11)17-5-2-6-18-14-10-20-8-12(14)16-4-1;12-8-4-16-6-10(8)14-2-1-3-15-11-7-17-5-9(11)13;4-2-1-3-5/h11-14H,1-10H2,(H,27,28)(H,29,30)(H,31,32)(H,33,34);7-10,23-30H,1-6,11-14H2;2*7-10,15-18H,1-6H2;4-7,14-15H,1-3,12-13H2;1-3H2. The van der Waals surface area contributed by atoms with E-state index in [1.165, 1.54) is 106 Å². The number of rotatable bonds is 28. The van der Waals surface area contributed by atoms with E-state index in [-0.39, 0.29) is 51.3 Å². The molecule has 0 spiro atoms. The molecular weight excluding hydrogens is 2280 g/mol. The van der Waals surface area contributed by atoms with Gasteiger partial charge in [0.1, 0.15) is 26.2 Å². The van der Waals surface area contributed by atoms with Crippen molar-refractivity contribution < 1.29 is 98.9 Å². The number of carboxylic acids is 4. The Balaban J connectivity index is 0.000000198. The average molecular weight is 2410 g/mol. The van der Waals surface area contributed by atoms with Gasteiger partial charge in [-0.25, -0.2) is 21.0 Å². The van der Waals surface area contributed by atoms with Crippen LogP contribution in [-0.4, -0.2) is 263 Å². The molecule has 10 aromatic heterocycles. The number of nitrogens with one attached hydrogen (secondary N) is 10. The average Bonchev–Trinajstić information content (AvgIpc) is 1.57. The van der Waals surface area contributed by atoms with Gasteiger partial charge in [0.05, 0.1) is 139 Å². The first-order valence-corrected chi connectivity index (χ1v) is 61.7. The number of carboxylic acid groups (broad SMARTS) is 4. The maximum Gasteiger partial charge on any atom is 0.323 e. The van der Waals surface area contributed by atoms with Crippen LogP contribution in [-0.2, 0) is 37.9 Å². The topological polar surface area (TPSA) is 546 Å². The highest BCUT2D eigenvalue weighted by Crippen LogP contribution is 2.47. The molecule has 138 heavy (non-hydrogen) atoms. The molecule has 0 amide bonds. The van der Waals surface area contributed by atoms with Crippen LogP contribution in [0.1, 0.15) is 64.2 Å². The highest BCUT2D eigenvalue weighted by atomic mass is 127. The number of fused-ring (bicyclic) bond motifs is 8. The molecule has 0 aliphatic carbocycles. The molecule has 56 heteroatoms. The van der Waals surface area contributed by atoms with Gasteiger partial charge in [-0.05, 0) is 64.2 Å². The fourth-order valence-corrected chi connectivity index (χ4v) is 27.0. The van der Waals surface area contributed by atoms with Crippen LogP contribution in [0.15, 0.2) is 108 Å². The van der Waals surface area contributed by atoms with Gasteiger partial charge in [0, 0.05) is 234 Å². The molecule has 4 unspecified atom stereocenters. The van der Waals surface area contributed by atoms with Crippen molar-refractivity contribution in [1.29, 1.82) is 0 Å². The lowest BCUT2D eigenvalue weighted by Gasteiger charge is -2.35. The normalized spacial score (nSPS) is 15.7. The summed E-state index contributed by atoms with van der Waals surface area (Å²) in [4.78, 5) is 101. The van der Waals surface area contributed by atoms with Gasteiger partial charge >= 0.3 is 23.9 Å². The molecule has 0 bridgehead atoms. The minimum atomic E-state index is -2.18. The summed E-state index contributed by atoms with van der Waals surface area (Å²) in [6.07, 6.45) is 8.55. The number of alkyl halides is 2. The Kier molecular flexibility index (Phi) is 54.3. The Morgan fingerprint density at radius 3 is 0.659 bits per heavy atom. The summed E-state index contributed by atoms with van der Waals surface area (Å²) in [6.45, 7) is 11.3. The zero-order chi connectivity index (χ0) is 98.8. The summed E-state index contributed by atoms with van der Waals surface area (Å²) in [6, 6.07) is 0. The van der Waals surface area contributed by atoms with Crippen molar-refractivity contribution in [2.45, 2.75) is 64.2 Å². The molecule has 0 fully saturated rings. The van der Waals surface area contributed by atoms with E-state index >= 15 is 0 Å². The molecular formula is C82H122I2N20O20P4S10. The number of hydrogen-bond acceptors (Lipinski definition) is 46. The van der Waals surface area contributed by atoms with Gasteiger partial charge in [-0.15, -0.1) is 113 Å². The SMILES string of the molecule is ICCCI.Nc1cscc1NCCCNc1cscc1N.O=C(O)CN1CCCN(CC(=O)O)c2cscc2N(CC(=O)O)CCCN(CC(=O)O)c2cscc21.OOP(O)CN1CCCN(CP(O)OO)c2cscc2N(CP(O)OO)CCCN(CP(O)OO)c2cscc21.c1scc2c1NCCCNc1cscc1NCCCN2.c1scc2c1NCCCNc1cscc1NCCCN2. The van der Waals surface area contributed by atoms with Gasteiger partial charge < -0.3 is 144 Å². The third-order valence-corrected chi connectivity index (χ3v) is 32.7. The third kappa shape index (κ3) is 39.9. The minimum absolute atomic E-state index is 0.0149. The van der Waals surface area contributed by atoms with E-state index in [4.69, 9.17) is 32.5 Å². The van der Waals surface area contributed by atoms with Crippen molar-refractivity contribution >= 4 is 330 Å². The van der Waals surface area contributed by atoms with Crippen LogP contribution in [0.2, 0.25) is 0 Å². The summed E-state index contributed by atoms with van der Waals surface area (Å²) < 4.78 is 19.3. The fourth-order valence-electron chi connectivity index (χ4n) is 14.3. The van der Waals surface area contributed by atoms with Crippen LogP contribution in [0.5, 0.6) is 0 Å². The van der Waals surface area contributed by atoms with Crippen LogP contribution in [0.3, 0.4) is 0 Å². The van der Waals surface area contributed by atoms with E-state index in [1.54, 1.807) is 109 Å². The van der Waals surface area contributed by atoms with Crippen molar-refractivity contribution in [2.24, 2.45) is 0 Å². The molecule has 4 aliphatic heterocycles. The number of hydrogen-bond donors (Lipinski definition) is 24. The maximum absolute atomic E-state index is 11.6. The van der Waals surface area contributed by atoms with Gasteiger partial charge in [-0.3, -0.25) is 19.2 Å². The molecule has 4 aliphatic rings. The number of anilines is 20. The molecule has 14 heterocycles. The first-order chi connectivity index (χ1) is 67.0. The second-order valence-corrected chi connectivity index (χ2v) is 44.8. The molecule has 14 rings (SSSR count). The second kappa shape index (κ2) is 65.1. The van der Waals surface area contributed by atoms with Gasteiger partial charge in [0.15, 0.2) is 0 Å². The van der Waals surface area contributed by atoms with Crippen molar-refractivity contribution in [3.8, 4) is 0 Å². The van der Waals surface area contributed by atoms with Gasteiger partial charge in [-0.1, -0.05) is 45.2 Å². The molecule has 40 nitrogen and oxygen atoms in total. The third-order valence-electron chi connectivity index (χ3n) is 20.7.